The first-order valence-corrected chi connectivity index (χ1v) is 6.65. The molecule has 0 radical (unpaired) electrons. The number of nitrogens with one attached hydrogen (secondary N) is 2. The van der Waals surface area contributed by atoms with E-state index < -0.39 is 5.82 Å². The van der Waals surface area contributed by atoms with Crippen LogP contribution in [-0.2, 0) is 0 Å². The maximum Gasteiger partial charge on any atom is 0.142 e. The zero-order valence-electron chi connectivity index (χ0n) is 11.2. The SMILES string of the molecule is Cc1c(C(=N)N)ccc2[nH]c(-c3c(F)cccc3Cl)nc12. The zero-order chi connectivity index (χ0) is 15.1. The van der Waals surface area contributed by atoms with Gasteiger partial charge in [-0.05, 0) is 36.8 Å². The van der Waals surface area contributed by atoms with E-state index in [4.69, 9.17) is 22.7 Å². The highest BCUT2D eigenvalue weighted by molar-refractivity contribution is 6.33. The summed E-state index contributed by atoms with van der Waals surface area (Å²) in [6.07, 6.45) is 0. The van der Waals surface area contributed by atoms with Crippen molar-refractivity contribution >= 4 is 28.5 Å². The van der Waals surface area contributed by atoms with Crippen molar-refractivity contribution in [1.29, 1.82) is 5.41 Å². The van der Waals surface area contributed by atoms with Gasteiger partial charge < -0.3 is 10.7 Å². The van der Waals surface area contributed by atoms with E-state index in [2.05, 4.69) is 9.97 Å². The highest BCUT2D eigenvalue weighted by Crippen LogP contribution is 2.31. The summed E-state index contributed by atoms with van der Waals surface area (Å²) in [5.41, 5.74) is 8.55. The van der Waals surface area contributed by atoms with E-state index in [0.29, 0.717) is 21.9 Å². The normalized spacial score (nSPS) is 11.0. The van der Waals surface area contributed by atoms with E-state index in [9.17, 15) is 4.39 Å². The van der Waals surface area contributed by atoms with Gasteiger partial charge in [-0.25, -0.2) is 9.37 Å². The van der Waals surface area contributed by atoms with E-state index in [-0.39, 0.29) is 11.4 Å². The smallest absolute Gasteiger partial charge is 0.142 e. The Bertz CT molecular complexity index is 849. The standard InChI is InChI=1S/C15H12ClFN4/c1-7-8(14(18)19)5-6-11-13(7)21-15(20-11)12-9(16)3-2-4-10(12)17/h2-6H,1H3,(H3,18,19)(H,20,21). The third-order valence-electron chi connectivity index (χ3n) is 3.40. The van der Waals surface area contributed by atoms with E-state index in [1.54, 1.807) is 24.3 Å². The van der Waals surface area contributed by atoms with Crippen molar-refractivity contribution < 1.29 is 4.39 Å². The van der Waals surface area contributed by atoms with Crippen molar-refractivity contribution in [3.05, 3.63) is 52.3 Å². The van der Waals surface area contributed by atoms with Gasteiger partial charge in [-0.15, -0.1) is 0 Å². The molecule has 0 aliphatic rings. The topological polar surface area (TPSA) is 78.5 Å². The van der Waals surface area contributed by atoms with Gasteiger partial charge in [-0.3, -0.25) is 5.41 Å². The summed E-state index contributed by atoms with van der Waals surface area (Å²) in [4.78, 5) is 7.47. The monoisotopic (exact) mass is 302 g/mol. The van der Waals surface area contributed by atoms with E-state index in [0.717, 1.165) is 11.1 Å². The number of halogens is 2. The molecule has 0 aliphatic carbocycles. The minimum absolute atomic E-state index is 0.0251. The molecule has 0 fully saturated rings. The number of nitrogens with two attached hydrogens (primary N) is 1. The maximum absolute atomic E-state index is 14.0. The van der Waals surface area contributed by atoms with Crippen LogP contribution in [0.5, 0.6) is 0 Å². The van der Waals surface area contributed by atoms with Gasteiger partial charge in [-0.2, -0.15) is 0 Å². The molecule has 106 valence electrons. The summed E-state index contributed by atoms with van der Waals surface area (Å²) in [7, 11) is 0. The van der Waals surface area contributed by atoms with Crippen molar-refractivity contribution in [2.45, 2.75) is 6.92 Å². The van der Waals surface area contributed by atoms with Crippen LogP contribution in [0.15, 0.2) is 30.3 Å². The number of hydrogen-bond donors (Lipinski definition) is 3. The minimum atomic E-state index is -0.439. The third kappa shape index (κ3) is 2.15. The summed E-state index contributed by atoms with van der Waals surface area (Å²) < 4.78 is 14.0. The number of H-pyrrole nitrogens is 1. The van der Waals surface area contributed by atoms with Gasteiger partial charge in [0.1, 0.15) is 17.5 Å². The molecule has 0 amide bonds. The molecule has 1 aromatic heterocycles. The number of aryl methyl sites for hydroxylation is 1. The van der Waals surface area contributed by atoms with Crippen molar-refractivity contribution in [3.8, 4) is 11.4 Å². The lowest BCUT2D eigenvalue weighted by molar-refractivity contribution is 0.630. The predicted molar refractivity (Wildman–Crippen MR) is 82.3 cm³/mol. The Morgan fingerprint density at radius 2 is 2.10 bits per heavy atom. The van der Waals surface area contributed by atoms with Crippen molar-refractivity contribution in [3.63, 3.8) is 0 Å². The number of amidine groups is 1. The second-order valence-electron chi connectivity index (χ2n) is 4.73. The van der Waals surface area contributed by atoms with Crippen LogP contribution in [0.4, 0.5) is 4.39 Å². The summed E-state index contributed by atoms with van der Waals surface area (Å²) in [5.74, 6) is -0.106. The Morgan fingerprint density at radius 1 is 1.33 bits per heavy atom. The molecule has 4 N–H and O–H groups in total. The number of rotatable bonds is 2. The summed E-state index contributed by atoms with van der Waals surface area (Å²) in [6, 6.07) is 8.00. The van der Waals surface area contributed by atoms with Gasteiger partial charge in [0.25, 0.3) is 0 Å². The molecule has 6 heteroatoms. The van der Waals surface area contributed by atoms with Crippen LogP contribution in [0.3, 0.4) is 0 Å². The molecule has 0 aliphatic heterocycles. The second-order valence-corrected chi connectivity index (χ2v) is 5.14. The first kappa shape index (κ1) is 13.6. The number of nitrogen functional groups attached to an aromatic ring is 1. The molecule has 0 saturated heterocycles. The van der Waals surface area contributed by atoms with Crippen molar-refractivity contribution in [1.82, 2.24) is 9.97 Å². The molecule has 2 aromatic carbocycles. The lowest BCUT2D eigenvalue weighted by Crippen LogP contribution is -2.12. The Labute approximate surface area is 125 Å². The van der Waals surface area contributed by atoms with Gasteiger partial charge in [-0.1, -0.05) is 17.7 Å². The zero-order valence-corrected chi connectivity index (χ0v) is 11.9. The lowest BCUT2D eigenvalue weighted by atomic mass is 10.1. The number of nitrogens with zero attached hydrogens (tertiary/aromatic N) is 1. The number of imidazole rings is 1. The lowest BCUT2D eigenvalue weighted by Gasteiger charge is -2.03. The first-order valence-electron chi connectivity index (χ1n) is 6.27. The summed E-state index contributed by atoms with van der Waals surface area (Å²) >= 11 is 6.06. The fourth-order valence-electron chi connectivity index (χ4n) is 2.35. The molecule has 0 saturated carbocycles. The molecule has 0 spiro atoms. The predicted octanol–water partition coefficient (Wildman–Crippen LogP) is 3.61. The van der Waals surface area contributed by atoms with Crippen LogP contribution in [0.1, 0.15) is 11.1 Å². The molecule has 3 aromatic rings. The Kier molecular flexibility index (Phi) is 3.14. The molecule has 4 nitrogen and oxygen atoms in total. The molecular weight excluding hydrogens is 291 g/mol. The van der Waals surface area contributed by atoms with Gasteiger partial charge in [0.15, 0.2) is 0 Å². The number of aromatic nitrogens is 2. The van der Waals surface area contributed by atoms with Gasteiger partial charge in [0.2, 0.25) is 0 Å². The highest BCUT2D eigenvalue weighted by Gasteiger charge is 2.16. The van der Waals surface area contributed by atoms with Gasteiger partial charge in [0, 0.05) is 5.56 Å². The Hall–Kier alpha value is -2.40. The molecule has 0 atom stereocenters. The largest absolute Gasteiger partial charge is 0.384 e. The van der Waals surface area contributed by atoms with Crippen molar-refractivity contribution in [2.75, 3.05) is 0 Å². The van der Waals surface area contributed by atoms with E-state index in [1.165, 1.54) is 6.07 Å². The van der Waals surface area contributed by atoms with Gasteiger partial charge in [0.05, 0.1) is 21.6 Å². The van der Waals surface area contributed by atoms with Crippen LogP contribution < -0.4 is 5.73 Å². The van der Waals surface area contributed by atoms with Crippen LogP contribution in [-0.4, -0.2) is 15.8 Å². The fourth-order valence-corrected chi connectivity index (χ4v) is 2.60. The average molecular weight is 303 g/mol. The fraction of sp³-hybridized carbons (Fsp3) is 0.0667. The first-order chi connectivity index (χ1) is 9.99. The van der Waals surface area contributed by atoms with E-state index in [1.807, 2.05) is 6.92 Å². The van der Waals surface area contributed by atoms with Crippen LogP contribution in [0.2, 0.25) is 5.02 Å². The summed E-state index contributed by atoms with van der Waals surface area (Å²) in [5, 5.41) is 7.84. The quantitative estimate of drug-likeness (QED) is 0.499. The van der Waals surface area contributed by atoms with Crippen LogP contribution in [0, 0.1) is 18.2 Å². The summed E-state index contributed by atoms with van der Waals surface area (Å²) in [6.45, 7) is 1.83. The van der Waals surface area contributed by atoms with Crippen LogP contribution >= 0.6 is 11.6 Å². The number of benzene rings is 2. The van der Waals surface area contributed by atoms with Crippen molar-refractivity contribution in [2.24, 2.45) is 5.73 Å². The molecule has 0 unspecified atom stereocenters. The highest BCUT2D eigenvalue weighted by atomic mass is 35.5. The molecule has 21 heavy (non-hydrogen) atoms. The van der Waals surface area contributed by atoms with Crippen LogP contribution in [0.25, 0.3) is 22.4 Å². The van der Waals surface area contributed by atoms with Gasteiger partial charge >= 0.3 is 0 Å². The number of fused-ring (bicyclic) bond motifs is 1. The molecule has 3 rings (SSSR count). The second kappa shape index (κ2) is 4.86. The number of hydrogen-bond acceptors (Lipinski definition) is 2. The Balaban J connectivity index is 2.27. The average Bonchev–Trinajstić information content (AvgIpc) is 2.83. The molecular formula is C15H12ClFN4. The molecule has 1 heterocycles. The molecule has 0 bridgehead atoms. The maximum atomic E-state index is 14.0. The number of aromatic amines is 1. The van der Waals surface area contributed by atoms with E-state index >= 15 is 0 Å². The third-order valence-corrected chi connectivity index (χ3v) is 3.71. The Morgan fingerprint density at radius 3 is 2.76 bits per heavy atom. The minimum Gasteiger partial charge on any atom is -0.384 e.